The van der Waals surface area contributed by atoms with Crippen molar-refractivity contribution in [3.05, 3.63) is 11.6 Å². The van der Waals surface area contributed by atoms with E-state index in [1.54, 1.807) is 0 Å². The number of aryl methyl sites for hydroxylation is 1. The molecule has 0 aliphatic carbocycles. The molecule has 0 aromatic carbocycles. The van der Waals surface area contributed by atoms with E-state index in [-0.39, 0.29) is 5.32 Å². The molecule has 2 heterocycles. The van der Waals surface area contributed by atoms with Gasteiger partial charge in [0.1, 0.15) is 5.82 Å². The van der Waals surface area contributed by atoms with Crippen molar-refractivity contribution >= 4 is 0 Å². The second kappa shape index (κ2) is 4.70. The van der Waals surface area contributed by atoms with Gasteiger partial charge in [-0.25, -0.2) is 0 Å². The van der Waals surface area contributed by atoms with Crippen LogP contribution in [0.3, 0.4) is 0 Å². The first kappa shape index (κ1) is 19.6. The molecular formula is C9H4F12N4. The summed E-state index contributed by atoms with van der Waals surface area (Å²) in [5.74, 6) is -4.06. The summed E-state index contributed by atoms with van der Waals surface area (Å²) in [7, 11) is 0. The third-order valence-electron chi connectivity index (χ3n) is 3.53. The number of hydrogen-bond donors (Lipinski definition) is 1. The molecule has 25 heavy (non-hydrogen) atoms. The largest absolute Gasteiger partial charge is 0.434 e. The summed E-state index contributed by atoms with van der Waals surface area (Å²) in [4.78, 5) is 0. The quantitative estimate of drug-likeness (QED) is 0.685. The molecule has 1 N–H and O–H groups in total. The Morgan fingerprint density at radius 1 is 0.720 bits per heavy atom. The number of nitrogens with one attached hydrogen (secondary N) is 1. The molecule has 0 spiro atoms. The van der Waals surface area contributed by atoms with E-state index >= 15 is 0 Å². The van der Waals surface area contributed by atoms with Crippen LogP contribution in [-0.2, 0) is 11.2 Å². The van der Waals surface area contributed by atoms with Crippen LogP contribution in [0.25, 0.3) is 0 Å². The van der Waals surface area contributed by atoms with Gasteiger partial charge >= 0.3 is 24.7 Å². The van der Waals surface area contributed by atoms with Gasteiger partial charge in [0, 0.05) is 0 Å². The maximum Gasteiger partial charge on any atom is 0.434 e. The van der Waals surface area contributed by atoms with Gasteiger partial charge in [0.05, 0.1) is 0 Å². The Morgan fingerprint density at radius 2 is 1.12 bits per heavy atom. The highest BCUT2D eigenvalue weighted by Gasteiger charge is 2.88. The molecule has 144 valence electrons. The number of fused-ring (bicyclic) bond motifs is 1. The van der Waals surface area contributed by atoms with Crippen molar-refractivity contribution in [3.63, 3.8) is 0 Å². The van der Waals surface area contributed by atoms with Gasteiger partial charge in [-0.2, -0.15) is 52.7 Å². The number of hydrogen-bond acceptors (Lipinski definition) is 3. The number of rotatable bonds is 0. The minimum Gasteiger partial charge on any atom is -0.277 e. The van der Waals surface area contributed by atoms with Gasteiger partial charge in [0.15, 0.2) is 5.82 Å². The number of aromatic nitrogens is 3. The molecule has 1 aromatic rings. The molecule has 0 atom stereocenters. The fraction of sp³-hybridized carbons (Fsp3) is 0.778. The molecule has 0 amide bonds. The van der Waals surface area contributed by atoms with Crippen molar-refractivity contribution in [2.75, 3.05) is 0 Å². The van der Waals surface area contributed by atoms with Gasteiger partial charge in [-0.3, -0.25) is 9.88 Å². The van der Waals surface area contributed by atoms with Gasteiger partial charge in [0.25, 0.3) is 11.2 Å². The topological polar surface area (TPSA) is 42.7 Å². The molecule has 4 nitrogen and oxygen atoms in total. The van der Waals surface area contributed by atoms with Crippen molar-refractivity contribution in [1.29, 1.82) is 0 Å². The SMILES string of the molecule is Cc1nnc2n1C(C(F)(F)F)(C(F)(F)F)NC2(C(F)(F)F)C(F)(F)F. The molecule has 2 rings (SSSR count). The van der Waals surface area contributed by atoms with E-state index in [0.29, 0.717) is 6.92 Å². The molecule has 0 unspecified atom stereocenters. The van der Waals surface area contributed by atoms with Gasteiger partial charge < -0.3 is 0 Å². The summed E-state index contributed by atoms with van der Waals surface area (Å²) in [5.41, 5.74) is -11.5. The highest BCUT2D eigenvalue weighted by atomic mass is 19.4. The highest BCUT2D eigenvalue weighted by Crippen LogP contribution is 2.60. The average Bonchev–Trinajstić information content (AvgIpc) is 2.83. The summed E-state index contributed by atoms with van der Waals surface area (Å²) in [5, 5.41) is 4.60. The van der Waals surface area contributed by atoms with Crippen molar-refractivity contribution in [1.82, 2.24) is 20.1 Å². The van der Waals surface area contributed by atoms with Crippen molar-refractivity contribution in [2.45, 2.75) is 42.8 Å². The summed E-state index contributed by atoms with van der Waals surface area (Å²) < 4.78 is 157. The van der Waals surface area contributed by atoms with E-state index in [4.69, 9.17) is 0 Å². The molecule has 1 aromatic heterocycles. The first-order chi connectivity index (χ1) is 10.8. The number of alkyl halides is 12. The van der Waals surface area contributed by atoms with E-state index < -0.39 is 52.1 Å². The lowest BCUT2D eigenvalue weighted by Gasteiger charge is -2.39. The van der Waals surface area contributed by atoms with E-state index in [0.717, 1.165) is 0 Å². The van der Waals surface area contributed by atoms with E-state index in [2.05, 4.69) is 10.2 Å². The lowest BCUT2D eigenvalue weighted by Crippen LogP contribution is -2.71. The van der Waals surface area contributed by atoms with Gasteiger partial charge in [-0.15, -0.1) is 10.2 Å². The van der Waals surface area contributed by atoms with E-state index in [9.17, 15) is 52.7 Å². The van der Waals surface area contributed by atoms with Crippen LogP contribution in [0.2, 0.25) is 0 Å². The van der Waals surface area contributed by atoms with Crippen LogP contribution < -0.4 is 5.32 Å². The zero-order chi connectivity index (χ0) is 19.9. The van der Waals surface area contributed by atoms with Crippen molar-refractivity contribution < 1.29 is 52.7 Å². The molecule has 1 aliphatic heterocycles. The Bertz CT molecular complexity index is 647. The molecule has 0 radical (unpaired) electrons. The minimum atomic E-state index is -6.65. The predicted octanol–water partition coefficient (Wildman–Crippen LogP) is 3.29. The number of halogens is 12. The van der Waals surface area contributed by atoms with Crippen LogP contribution in [0.5, 0.6) is 0 Å². The summed E-state index contributed by atoms with van der Waals surface area (Å²) in [6, 6.07) is 0. The third-order valence-corrected chi connectivity index (χ3v) is 3.53. The monoisotopic (exact) mass is 396 g/mol. The molecule has 0 saturated carbocycles. The summed E-state index contributed by atoms with van der Waals surface area (Å²) in [6.07, 6.45) is -26.6. The average molecular weight is 396 g/mol. The molecular weight excluding hydrogens is 392 g/mol. The van der Waals surface area contributed by atoms with Crippen LogP contribution in [0.1, 0.15) is 11.6 Å². The first-order valence-corrected chi connectivity index (χ1v) is 5.84. The minimum absolute atomic E-state index is 0.275. The molecule has 16 heteroatoms. The Labute approximate surface area is 128 Å². The smallest absolute Gasteiger partial charge is 0.277 e. The van der Waals surface area contributed by atoms with Crippen LogP contribution in [0.15, 0.2) is 0 Å². The predicted molar refractivity (Wildman–Crippen MR) is 51.8 cm³/mol. The maximum atomic E-state index is 13.2. The Hall–Kier alpha value is -1.74. The zero-order valence-electron chi connectivity index (χ0n) is 11.4. The maximum absolute atomic E-state index is 13.2. The Kier molecular flexibility index (Phi) is 3.68. The number of nitrogens with zero attached hydrogens (tertiary/aromatic N) is 3. The molecule has 0 saturated heterocycles. The lowest BCUT2D eigenvalue weighted by atomic mass is 9.97. The van der Waals surface area contributed by atoms with Crippen molar-refractivity contribution in [2.24, 2.45) is 0 Å². The Balaban J connectivity index is 3.04. The van der Waals surface area contributed by atoms with Crippen molar-refractivity contribution in [3.8, 4) is 0 Å². The van der Waals surface area contributed by atoms with Gasteiger partial charge in [-0.1, -0.05) is 0 Å². The Morgan fingerprint density at radius 3 is 1.44 bits per heavy atom. The standard InChI is InChI=1S/C9H4F12N4/c1-2-22-23-3-4(6(10,11)12,7(13,14)15)24-5(25(2)3,8(16,17)18)9(19,20)21/h24H,1H3. The van der Waals surface area contributed by atoms with E-state index in [1.807, 2.05) is 0 Å². The van der Waals surface area contributed by atoms with Crippen LogP contribution in [0.4, 0.5) is 52.7 Å². The second-order valence-electron chi connectivity index (χ2n) is 4.98. The van der Waals surface area contributed by atoms with Gasteiger partial charge in [0.2, 0.25) is 0 Å². The van der Waals surface area contributed by atoms with Crippen LogP contribution in [0, 0.1) is 6.92 Å². The fourth-order valence-electron chi connectivity index (χ4n) is 2.50. The van der Waals surface area contributed by atoms with E-state index in [1.165, 1.54) is 0 Å². The third kappa shape index (κ3) is 2.15. The van der Waals surface area contributed by atoms with Crippen LogP contribution >= 0.6 is 0 Å². The highest BCUT2D eigenvalue weighted by molar-refractivity contribution is 5.28. The van der Waals surface area contributed by atoms with Crippen LogP contribution in [-0.4, -0.2) is 39.5 Å². The van der Waals surface area contributed by atoms with Gasteiger partial charge in [-0.05, 0) is 6.92 Å². The summed E-state index contributed by atoms with van der Waals surface area (Å²) in [6.45, 7) is 0.354. The fourth-order valence-corrected chi connectivity index (χ4v) is 2.50. The summed E-state index contributed by atoms with van der Waals surface area (Å²) >= 11 is 0. The molecule has 0 bridgehead atoms. The first-order valence-electron chi connectivity index (χ1n) is 5.84. The molecule has 1 aliphatic rings. The molecule has 0 fully saturated rings. The normalized spacial score (nSPS) is 20.7. The zero-order valence-corrected chi connectivity index (χ0v) is 11.4. The lowest BCUT2D eigenvalue weighted by molar-refractivity contribution is -0.366. The second-order valence-corrected chi connectivity index (χ2v) is 4.98.